The molecule has 0 spiro atoms. The molecule has 1 unspecified atom stereocenters. The Kier molecular flexibility index (Phi) is 3.33. The van der Waals surface area contributed by atoms with E-state index in [1.807, 2.05) is 6.07 Å². The smallest absolute Gasteiger partial charge is 0.252 e. The first kappa shape index (κ1) is 11.3. The Morgan fingerprint density at radius 1 is 1.44 bits per heavy atom. The Morgan fingerprint density at radius 2 is 2.38 bits per heavy atom. The van der Waals surface area contributed by atoms with Crippen LogP contribution in [-0.2, 0) is 4.74 Å². The van der Waals surface area contributed by atoms with Gasteiger partial charge in [-0.3, -0.25) is 0 Å². The summed E-state index contributed by atoms with van der Waals surface area (Å²) in [5, 5.41) is 7.41. The number of aromatic nitrogens is 4. The standard InChI is InChI=1S/C9H11N5O.ClH/c1-2-11-9-12-6-13-14(9)7(1)8-5-10-3-4-15-8;/h1-2,6,8,10H,3-5H2;1H. The third-order valence-corrected chi connectivity index (χ3v) is 2.47. The average Bonchev–Trinajstić information content (AvgIpc) is 2.78. The van der Waals surface area contributed by atoms with Gasteiger partial charge in [0, 0.05) is 19.3 Å². The summed E-state index contributed by atoms with van der Waals surface area (Å²) in [6, 6.07) is 1.92. The van der Waals surface area contributed by atoms with Crippen LogP contribution < -0.4 is 5.32 Å². The quantitative estimate of drug-likeness (QED) is 0.773. The summed E-state index contributed by atoms with van der Waals surface area (Å²) < 4.78 is 7.38. The lowest BCUT2D eigenvalue weighted by Gasteiger charge is -2.23. The van der Waals surface area contributed by atoms with Crippen LogP contribution in [0.15, 0.2) is 18.6 Å². The summed E-state index contributed by atoms with van der Waals surface area (Å²) >= 11 is 0. The fourth-order valence-corrected chi connectivity index (χ4v) is 1.76. The molecular formula is C9H12ClN5O. The highest BCUT2D eigenvalue weighted by atomic mass is 35.5. The minimum atomic E-state index is 0. The number of hydrogen-bond donors (Lipinski definition) is 1. The molecule has 1 aliphatic rings. The molecule has 0 saturated carbocycles. The van der Waals surface area contributed by atoms with E-state index < -0.39 is 0 Å². The second-order valence-corrected chi connectivity index (χ2v) is 3.41. The zero-order valence-electron chi connectivity index (χ0n) is 8.54. The van der Waals surface area contributed by atoms with E-state index in [-0.39, 0.29) is 18.5 Å². The Bertz CT molecular complexity index is 468. The van der Waals surface area contributed by atoms with Crippen LogP contribution in [0.4, 0.5) is 0 Å². The first-order valence-corrected chi connectivity index (χ1v) is 4.92. The lowest BCUT2D eigenvalue weighted by molar-refractivity contribution is 0.0236. The SMILES string of the molecule is Cl.c1cc(C2CNCCO2)n2ncnc2n1. The maximum absolute atomic E-state index is 5.66. The first-order chi connectivity index (χ1) is 7.45. The minimum Gasteiger partial charge on any atom is -0.369 e. The van der Waals surface area contributed by atoms with Crippen molar-refractivity contribution >= 4 is 18.2 Å². The van der Waals surface area contributed by atoms with Crippen molar-refractivity contribution in [3.8, 4) is 0 Å². The van der Waals surface area contributed by atoms with Gasteiger partial charge in [-0.15, -0.1) is 12.4 Å². The van der Waals surface area contributed by atoms with E-state index in [1.54, 1.807) is 10.7 Å². The molecule has 0 aliphatic carbocycles. The number of hydrogen-bond acceptors (Lipinski definition) is 5. The van der Waals surface area contributed by atoms with Gasteiger partial charge >= 0.3 is 0 Å². The number of rotatable bonds is 1. The Balaban J connectivity index is 0.000000963. The zero-order valence-corrected chi connectivity index (χ0v) is 9.35. The predicted molar refractivity (Wildman–Crippen MR) is 59.6 cm³/mol. The maximum Gasteiger partial charge on any atom is 0.252 e. The Labute approximate surface area is 98.4 Å². The van der Waals surface area contributed by atoms with Gasteiger partial charge in [0.25, 0.3) is 5.78 Å². The molecule has 0 amide bonds. The fourth-order valence-electron chi connectivity index (χ4n) is 1.76. The molecule has 1 saturated heterocycles. The predicted octanol–water partition coefficient (Wildman–Crippen LogP) is 0.207. The highest BCUT2D eigenvalue weighted by molar-refractivity contribution is 5.85. The van der Waals surface area contributed by atoms with Crippen molar-refractivity contribution in [2.75, 3.05) is 19.7 Å². The number of halogens is 1. The van der Waals surface area contributed by atoms with Crippen LogP contribution >= 0.6 is 12.4 Å². The van der Waals surface area contributed by atoms with Crippen LogP contribution in [0.25, 0.3) is 5.78 Å². The molecule has 0 bridgehead atoms. The lowest BCUT2D eigenvalue weighted by atomic mass is 10.2. The third kappa shape index (κ3) is 1.87. The van der Waals surface area contributed by atoms with E-state index in [4.69, 9.17) is 4.74 Å². The van der Waals surface area contributed by atoms with E-state index in [9.17, 15) is 0 Å². The second-order valence-electron chi connectivity index (χ2n) is 3.41. The van der Waals surface area contributed by atoms with E-state index in [2.05, 4.69) is 20.4 Å². The summed E-state index contributed by atoms with van der Waals surface area (Å²) in [5.74, 6) is 0.613. The van der Waals surface area contributed by atoms with Gasteiger partial charge in [0.05, 0.1) is 12.3 Å². The number of nitrogens with zero attached hydrogens (tertiary/aromatic N) is 4. The Hall–Kier alpha value is -1.24. The van der Waals surface area contributed by atoms with Gasteiger partial charge in [0.1, 0.15) is 12.4 Å². The van der Waals surface area contributed by atoms with Crippen molar-refractivity contribution < 1.29 is 4.74 Å². The highest BCUT2D eigenvalue weighted by Crippen LogP contribution is 2.17. The summed E-state index contributed by atoms with van der Waals surface area (Å²) in [6.07, 6.45) is 3.27. The topological polar surface area (TPSA) is 64.3 Å². The molecule has 1 N–H and O–H groups in total. The number of nitrogens with one attached hydrogen (secondary N) is 1. The molecule has 0 radical (unpaired) electrons. The van der Waals surface area contributed by atoms with Crippen molar-refractivity contribution in [1.29, 1.82) is 0 Å². The zero-order chi connectivity index (χ0) is 10.1. The summed E-state index contributed by atoms with van der Waals surface area (Å²) in [7, 11) is 0. The van der Waals surface area contributed by atoms with Gasteiger partial charge in [-0.1, -0.05) is 0 Å². The van der Waals surface area contributed by atoms with Crippen LogP contribution in [-0.4, -0.2) is 39.3 Å². The molecule has 3 rings (SSSR count). The van der Waals surface area contributed by atoms with Crippen molar-refractivity contribution in [3.05, 3.63) is 24.3 Å². The number of morpholine rings is 1. The van der Waals surface area contributed by atoms with E-state index in [0.29, 0.717) is 5.78 Å². The van der Waals surface area contributed by atoms with Gasteiger partial charge in [0.15, 0.2) is 0 Å². The second kappa shape index (κ2) is 4.73. The van der Waals surface area contributed by atoms with E-state index in [1.165, 1.54) is 6.33 Å². The fraction of sp³-hybridized carbons (Fsp3) is 0.444. The van der Waals surface area contributed by atoms with Crippen LogP contribution in [0.2, 0.25) is 0 Å². The van der Waals surface area contributed by atoms with Gasteiger partial charge < -0.3 is 10.1 Å². The summed E-state index contributed by atoms with van der Waals surface area (Å²) in [5.41, 5.74) is 0.990. The molecule has 1 fully saturated rings. The molecule has 16 heavy (non-hydrogen) atoms. The van der Waals surface area contributed by atoms with Crippen LogP contribution in [0.3, 0.4) is 0 Å². The van der Waals surface area contributed by atoms with Crippen molar-refractivity contribution in [1.82, 2.24) is 24.9 Å². The molecule has 7 heteroatoms. The molecule has 2 aromatic heterocycles. The minimum absolute atomic E-state index is 0. The molecule has 86 valence electrons. The molecule has 1 aliphatic heterocycles. The maximum atomic E-state index is 5.66. The van der Waals surface area contributed by atoms with Crippen molar-refractivity contribution in [2.24, 2.45) is 0 Å². The van der Waals surface area contributed by atoms with Crippen LogP contribution in [0, 0.1) is 0 Å². The number of ether oxygens (including phenoxy) is 1. The van der Waals surface area contributed by atoms with Gasteiger partial charge in [-0.2, -0.15) is 14.6 Å². The molecular weight excluding hydrogens is 230 g/mol. The van der Waals surface area contributed by atoms with Gasteiger partial charge in [-0.05, 0) is 6.07 Å². The van der Waals surface area contributed by atoms with Crippen LogP contribution in [0.1, 0.15) is 11.8 Å². The Morgan fingerprint density at radius 3 is 3.19 bits per heavy atom. The van der Waals surface area contributed by atoms with E-state index >= 15 is 0 Å². The average molecular weight is 242 g/mol. The van der Waals surface area contributed by atoms with Gasteiger partial charge in [0.2, 0.25) is 0 Å². The lowest BCUT2D eigenvalue weighted by Crippen LogP contribution is -2.34. The number of fused-ring (bicyclic) bond motifs is 1. The molecule has 3 heterocycles. The molecule has 2 aromatic rings. The van der Waals surface area contributed by atoms with Crippen LogP contribution in [0.5, 0.6) is 0 Å². The van der Waals surface area contributed by atoms with Gasteiger partial charge in [-0.25, -0.2) is 4.98 Å². The monoisotopic (exact) mass is 241 g/mol. The normalized spacial score (nSPS) is 20.6. The summed E-state index contributed by atoms with van der Waals surface area (Å²) in [4.78, 5) is 8.15. The first-order valence-electron chi connectivity index (χ1n) is 4.92. The largest absolute Gasteiger partial charge is 0.369 e. The molecule has 6 nitrogen and oxygen atoms in total. The molecule has 1 atom stereocenters. The highest BCUT2D eigenvalue weighted by Gasteiger charge is 2.19. The van der Waals surface area contributed by atoms with Crippen molar-refractivity contribution in [3.63, 3.8) is 0 Å². The van der Waals surface area contributed by atoms with E-state index in [0.717, 1.165) is 25.4 Å². The summed E-state index contributed by atoms with van der Waals surface area (Å²) in [6.45, 7) is 2.43. The molecule has 0 aromatic carbocycles. The van der Waals surface area contributed by atoms with Crippen molar-refractivity contribution in [2.45, 2.75) is 6.10 Å². The third-order valence-electron chi connectivity index (χ3n) is 2.47.